The van der Waals surface area contributed by atoms with Gasteiger partial charge in [0.1, 0.15) is 0 Å². The van der Waals surface area contributed by atoms with Crippen molar-refractivity contribution in [2.24, 2.45) is 0 Å². The van der Waals surface area contributed by atoms with Crippen LogP contribution in [0.2, 0.25) is 10.0 Å². The molecule has 1 saturated heterocycles. The number of nitrogens with one attached hydrogen (secondary N) is 2. The van der Waals surface area contributed by atoms with E-state index >= 15 is 0 Å². The van der Waals surface area contributed by atoms with Gasteiger partial charge in [-0.2, -0.15) is 0 Å². The fourth-order valence-electron chi connectivity index (χ4n) is 2.64. The second kappa shape index (κ2) is 5.57. The second-order valence-electron chi connectivity index (χ2n) is 4.69. The zero-order valence-corrected chi connectivity index (χ0v) is 11.5. The van der Waals surface area contributed by atoms with Gasteiger partial charge in [0.2, 0.25) is 0 Å². The van der Waals surface area contributed by atoms with E-state index in [9.17, 15) is 0 Å². The predicted octanol–water partition coefficient (Wildman–Crippen LogP) is 2.83. The zero-order chi connectivity index (χ0) is 12.3. The van der Waals surface area contributed by atoms with Crippen LogP contribution in [0.15, 0.2) is 18.2 Å². The fraction of sp³-hybridized carbons (Fsp3) is 0.538. The lowest BCUT2D eigenvalue weighted by Gasteiger charge is -2.38. The van der Waals surface area contributed by atoms with Crippen molar-refractivity contribution in [3.8, 4) is 0 Å². The van der Waals surface area contributed by atoms with Crippen LogP contribution in [0, 0.1) is 0 Å². The topological polar surface area (TPSA) is 24.1 Å². The molecule has 94 valence electrons. The summed E-state index contributed by atoms with van der Waals surface area (Å²) in [7, 11) is 2.00. The van der Waals surface area contributed by atoms with Crippen molar-refractivity contribution in [2.75, 3.05) is 26.7 Å². The van der Waals surface area contributed by atoms with Crippen LogP contribution in [0.25, 0.3) is 0 Å². The first-order chi connectivity index (χ1) is 8.18. The van der Waals surface area contributed by atoms with E-state index < -0.39 is 0 Å². The first-order valence-corrected chi connectivity index (χ1v) is 6.74. The Kier molecular flexibility index (Phi) is 4.31. The van der Waals surface area contributed by atoms with Gasteiger partial charge in [0.15, 0.2) is 0 Å². The molecule has 1 aromatic carbocycles. The number of hydrogen-bond acceptors (Lipinski definition) is 2. The third-order valence-electron chi connectivity index (χ3n) is 3.61. The summed E-state index contributed by atoms with van der Waals surface area (Å²) >= 11 is 12.1. The van der Waals surface area contributed by atoms with Gasteiger partial charge in [0.05, 0.1) is 10.0 Å². The third kappa shape index (κ3) is 2.76. The SMILES string of the molecule is CNCC1(c2ccc(Cl)c(Cl)c2)CCNCC1. The van der Waals surface area contributed by atoms with Gasteiger partial charge in [-0.05, 0) is 50.7 Å². The molecular formula is C13H18Cl2N2. The first-order valence-electron chi connectivity index (χ1n) is 5.99. The molecule has 4 heteroatoms. The van der Waals surface area contributed by atoms with Gasteiger partial charge in [-0.25, -0.2) is 0 Å². The van der Waals surface area contributed by atoms with Crippen LogP contribution in [-0.4, -0.2) is 26.7 Å². The van der Waals surface area contributed by atoms with E-state index in [1.807, 2.05) is 19.2 Å². The van der Waals surface area contributed by atoms with E-state index in [-0.39, 0.29) is 5.41 Å². The molecule has 0 atom stereocenters. The Morgan fingerprint density at radius 1 is 1.24 bits per heavy atom. The molecule has 2 rings (SSSR count). The van der Waals surface area contributed by atoms with Gasteiger partial charge in [0.25, 0.3) is 0 Å². The van der Waals surface area contributed by atoms with Gasteiger partial charge in [0, 0.05) is 12.0 Å². The van der Waals surface area contributed by atoms with Crippen molar-refractivity contribution >= 4 is 23.2 Å². The highest BCUT2D eigenvalue weighted by Gasteiger charge is 2.33. The lowest BCUT2D eigenvalue weighted by atomic mass is 9.73. The van der Waals surface area contributed by atoms with Gasteiger partial charge < -0.3 is 10.6 Å². The van der Waals surface area contributed by atoms with E-state index in [2.05, 4.69) is 16.7 Å². The number of rotatable bonds is 3. The summed E-state index contributed by atoms with van der Waals surface area (Å²) < 4.78 is 0. The molecule has 1 aliphatic heterocycles. The summed E-state index contributed by atoms with van der Waals surface area (Å²) in [5.41, 5.74) is 1.48. The quantitative estimate of drug-likeness (QED) is 0.885. The summed E-state index contributed by atoms with van der Waals surface area (Å²) in [5, 5.41) is 7.99. The molecule has 0 aromatic heterocycles. The monoisotopic (exact) mass is 272 g/mol. The standard InChI is InChI=1S/C13H18Cl2N2/c1-16-9-13(4-6-17-7-5-13)10-2-3-11(14)12(15)8-10/h2-3,8,16-17H,4-7,9H2,1H3. The fourth-order valence-corrected chi connectivity index (χ4v) is 2.94. The van der Waals surface area contributed by atoms with Gasteiger partial charge >= 0.3 is 0 Å². The number of hydrogen-bond donors (Lipinski definition) is 2. The molecule has 1 heterocycles. The Balaban J connectivity index is 2.34. The van der Waals surface area contributed by atoms with Crippen molar-refractivity contribution in [1.82, 2.24) is 10.6 Å². The maximum Gasteiger partial charge on any atom is 0.0595 e. The van der Waals surface area contributed by atoms with Crippen molar-refractivity contribution in [1.29, 1.82) is 0 Å². The second-order valence-corrected chi connectivity index (χ2v) is 5.50. The van der Waals surface area contributed by atoms with Crippen molar-refractivity contribution in [3.05, 3.63) is 33.8 Å². The highest BCUT2D eigenvalue weighted by Crippen LogP contribution is 2.36. The Morgan fingerprint density at radius 3 is 2.53 bits per heavy atom. The van der Waals surface area contributed by atoms with Crippen molar-refractivity contribution < 1.29 is 0 Å². The van der Waals surface area contributed by atoms with Crippen molar-refractivity contribution in [2.45, 2.75) is 18.3 Å². The minimum absolute atomic E-state index is 0.189. The third-order valence-corrected chi connectivity index (χ3v) is 4.35. The van der Waals surface area contributed by atoms with Crippen LogP contribution in [0.4, 0.5) is 0 Å². The maximum atomic E-state index is 6.13. The molecule has 0 unspecified atom stereocenters. The lowest BCUT2D eigenvalue weighted by Crippen LogP contribution is -2.45. The molecule has 1 fully saturated rings. The average Bonchev–Trinajstić information content (AvgIpc) is 2.34. The molecule has 0 saturated carbocycles. The predicted molar refractivity (Wildman–Crippen MR) is 74.2 cm³/mol. The molecule has 0 bridgehead atoms. The number of benzene rings is 1. The summed E-state index contributed by atoms with van der Waals surface area (Å²) in [5.74, 6) is 0. The van der Waals surface area contributed by atoms with Gasteiger partial charge in [-0.15, -0.1) is 0 Å². The van der Waals surface area contributed by atoms with E-state index in [4.69, 9.17) is 23.2 Å². The highest BCUT2D eigenvalue weighted by atomic mass is 35.5. The molecule has 1 aromatic rings. The summed E-state index contributed by atoms with van der Waals surface area (Å²) in [6.45, 7) is 3.09. The van der Waals surface area contributed by atoms with Crippen LogP contribution in [-0.2, 0) is 5.41 Å². The van der Waals surface area contributed by atoms with E-state index in [0.717, 1.165) is 32.5 Å². The molecule has 2 nitrogen and oxygen atoms in total. The molecule has 0 amide bonds. The van der Waals surface area contributed by atoms with E-state index in [1.165, 1.54) is 5.56 Å². The van der Waals surface area contributed by atoms with E-state index in [0.29, 0.717) is 10.0 Å². The molecular weight excluding hydrogens is 255 g/mol. The van der Waals surface area contributed by atoms with Crippen LogP contribution in [0.3, 0.4) is 0 Å². The normalized spacial score (nSPS) is 19.2. The first kappa shape index (κ1) is 13.2. The highest BCUT2D eigenvalue weighted by molar-refractivity contribution is 6.42. The Morgan fingerprint density at radius 2 is 1.94 bits per heavy atom. The average molecular weight is 273 g/mol. The van der Waals surface area contributed by atoms with Gasteiger partial charge in [-0.3, -0.25) is 0 Å². The molecule has 0 spiro atoms. The zero-order valence-electron chi connectivity index (χ0n) is 10.0. The van der Waals surface area contributed by atoms with E-state index in [1.54, 1.807) is 0 Å². The Hall–Kier alpha value is -0.280. The van der Waals surface area contributed by atoms with Crippen LogP contribution in [0.5, 0.6) is 0 Å². The van der Waals surface area contributed by atoms with Crippen LogP contribution >= 0.6 is 23.2 Å². The molecule has 2 N–H and O–H groups in total. The molecule has 1 aliphatic rings. The molecule has 0 radical (unpaired) electrons. The number of piperidine rings is 1. The van der Waals surface area contributed by atoms with Crippen LogP contribution < -0.4 is 10.6 Å². The van der Waals surface area contributed by atoms with Gasteiger partial charge in [-0.1, -0.05) is 29.3 Å². The lowest BCUT2D eigenvalue weighted by molar-refractivity contribution is 0.300. The summed E-state index contributed by atoms with van der Waals surface area (Å²) in [4.78, 5) is 0. The Labute approximate surface area is 113 Å². The number of likely N-dealkylation sites (N-methyl/N-ethyl adjacent to an activating group) is 1. The largest absolute Gasteiger partial charge is 0.319 e. The van der Waals surface area contributed by atoms with Crippen LogP contribution in [0.1, 0.15) is 18.4 Å². The summed E-state index contributed by atoms with van der Waals surface area (Å²) in [6.07, 6.45) is 2.26. The molecule has 17 heavy (non-hydrogen) atoms. The minimum atomic E-state index is 0.189. The van der Waals surface area contributed by atoms with Crippen molar-refractivity contribution in [3.63, 3.8) is 0 Å². The minimum Gasteiger partial charge on any atom is -0.319 e. The molecule has 0 aliphatic carbocycles. The Bertz CT molecular complexity index is 381. The number of halogens is 2. The smallest absolute Gasteiger partial charge is 0.0595 e. The maximum absolute atomic E-state index is 6.13. The summed E-state index contributed by atoms with van der Waals surface area (Å²) in [6, 6.07) is 6.03.